The highest BCUT2D eigenvalue weighted by atomic mass is 19.1. The van der Waals surface area contributed by atoms with Gasteiger partial charge in [-0.05, 0) is 130 Å². The molecule has 0 atom stereocenters. The van der Waals surface area contributed by atoms with Crippen LogP contribution < -0.4 is 15.8 Å². The molecule has 1 aromatic carbocycles. The zero-order valence-corrected chi connectivity index (χ0v) is 25.3. The van der Waals surface area contributed by atoms with Crippen LogP contribution in [0.3, 0.4) is 0 Å². The molecule has 0 bridgehead atoms. The molecule has 1 N–H and O–H groups in total. The summed E-state index contributed by atoms with van der Waals surface area (Å²) in [5, 5.41) is 5.20. The van der Waals surface area contributed by atoms with Gasteiger partial charge in [0.15, 0.2) is 0 Å². The number of halogens is 1. The van der Waals surface area contributed by atoms with E-state index in [-0.39, 0.29) is 11.2 Å². The van der Waals surface area contributed by atoms with Crippen LogP contribution >= 0.6 is 0 Å². The summed E-state index contributed by atoms with van der Waals surface area (Å²) in [5.41, 5.74) is 8.92. The van der Waals surface area contributed by atoms with Crippen molar-refractivity contribution in [1.29, 1.82) is 0 Å². The van der Waals surface area contributed by atoms with Gasteiger partial charge >= 0.3 is 0 Å². The van der Waals surface area contributed by atoms with Crippen LogP contribution in [0.1, 0.15) is 98.1 Å². The van der Waals surface area contributed by atoms with Gasteiger partial charge in [-0.25, -0.2) is 4.39 Å². The number of hydrogen-bond donors (Lipinski definition) is 1. The molecule has 1 fully saturated rings. The Balaban J connectivity index is 2.43. The lowest BCUT2D eigenvalue weighted by atomic mass is 9.59. The number of benzene rings is 1. The molecule has 1 saturated carbocycles. The van der Waals surface area contributed by atoms with Crippen molar-refractivity contribution in [2.45, 2.75) is 93.9 Å². The molecule has 1 aliphatic rings. The van der Waals surface area contributed by atoms with Crippen LogP contribution in [-0.2, 0) is 0 Å². The van der Waals surface area contributed by atoms with Gasteiger partial charge in [0.25, 0.3) is 0 Å². The van der Waals surface area contributed by atoms with Crippen LogP contribution in [0.5, 0.6) is 0 Å². The van der Waals surface area contributed by atoms with Crippen LogP contribution in [0.25, 0.3) is 17.7 Å². The Labute approximate surface area is 232 Å². The minimum absolute atomic E-state index is 0.197. The van der Waals surface area contributed by atoms with Crippen molar-refractivity contribution in [3.8, 4) is 0 Å². The molecule has 0 radical (unpaired) electrons. The number of nitrogens with one attached hydrogen (secondary N) is 1. The smallest absolute Gasteiger partial charge is 0.134 e. The van der Waals surface area contributed by atoms with E-state index in [1.165, 1.54) is 16.7 Å². The third-order valence-corrected chi connectivity index (χ3v) is 8.59. The van der Waals surface area contributed by atoms with Gasteiger partial charge in [0.2, 0.25) is 0 Å². The van der Waals surface area contributed by atoms with E-state index in [0.717, 1.165) is 71.5 Å². The van der Waals surface area contributed by atoms with E-state index in [1.807, 2.05) is 32.1 Å². The zero-order chi connectivity index (χ0) is 28.8. The zero-order valence-electron chi connectivity index (χ0n) is 25.3. The van der Waals surface area contributed by atoms with Crippen molar-refractivity contribution < 1.29 is 4.39 Å². The molecule has 2 rings (SSSR count). The fraction of sp³-hybridized carbons (Fsp3) is 0.444. The lowest BCUT2D eigenvalue weighted by Gasteiger charge is -2.46. The Morgan fingerprint density at radius 2 is 1.76 bits per heavy atom. The summed E-state index contributed by atoms with van der Waals surface area (Å²) in [5.74, 6) is 0.418. The minimum Gasteiger partial charge on any atom is -0.360 e. The predicted octanol–water partition coefficient (Wildman–Crippen LogP) is 9.20. The number of rotatable bonds is 12. The molecule has 0 aromatic heterocycles. The average molecular weight is 516 g/mol. The van der Waals surface area contributed by atoms with Gasteiger partial charge in [0.1, 0.15) is 5.82 Å². The van der Waals surface area contributed by atoms with Gasteiger partial charge in [-0.3, -0.25) is 0 Å². The van der Waals surface area contributed by atoms with Crippen molar-refractivity contribution in [2.24, 2.45) is 11.3 Å². The lowest BCUT2D eigenvalue weighted by Crippen LogP contribution is -2.36. The largest absolute Gasteiger partial charge is 0.360 e. The van der Waals surface area contributed by atoms with Crippen molar-refractivity contribution >= 4 is 17.7 Å². The molecule has 0 spiro atoms. The number of hydrogen-bond acceptors (Lipinski definition) is 1. The van der Waals surface area contributed by atoms with Crippen molar-refractivity contribution in [3.63, 3.8) is 0 Å². The molecule has 1 aromatic rings. The maximum Gasteiger partial charge on any atom is 0.134 e. The number of allylic oxidation sites excluding steroid dienone is 8. The first kappa shape index (κ1) is 31.3. The summed E-state index contributed by atoms with van der Waals surface area (Å²) in [6.07, 6.45) is 12.3. The van der Waals surface area contributed by atoms with Gasteiger partial charge < -0.3 is 5.32 Å². The van der Waals surface area contributed by atoms with Gasteiger partial charge in [-0.1, -0.05) is 69.9 Å². The minimum atomic E-state index is -0.197. The topological polar surface area (TPSA) is 12.0 Å². The van der Waals surface area contributed by atoms with Crippen molar-refractivity contribution in [3.05, 3.63) is 99.5 Å². The Bertz CT molecular complexity index is 1290. The highest BCUT2D eigenvalue weighted by Gasteiger charge is 2.40. The second-order valence-corrected chi connectivity index (χ2v) is 11.6. The van der Waals surface area contributed by atoms with Crippen molar-refractivity contribution in [1.82, 2.24) is 5.32 Å². The van der Waals surface area contributed by atoms with Crippen LogP contribution in [0.4, 0.5) is 4.39 Å². The Hall–Kier alpha value is -2.87. The summed E-state index contributed by atoms with van der Waals surface area (Å²) in [6, 6.07) is 1.94. The standard InChI is InChI=1S/C36H50FN/c1-13-16-17-24(6)27(9)28(10)33(15-3)34-20-31(32(14-2)29(11)35(34)37)19-26(8)38-25(7)18-30-21-36(12,22-30)23(4)5/h14-15,19-20,30,38H,3-4,7-8,13,16-18,21-22H2,1-2,5-6,9-12H3/b27-24+,31-19-,32-14-,33-28+. The Morgan fingerprint density at radius 3 is 2.29 bits per heavy atom. The Kier molecular flexibility index (Phi) is 10.9. The molecule has 1 nitrogen and oxygen atoms in total. The molecule has 0 unspecified atom stereocenters. The van der Waals surface area contributed by atoms with E-state index in [4.69, 9.17) is 0 Å². The van der Waals surface area contributed by atoms with Gasteiger partial charge in [-0.2, -0.15) is 0 Å². The summed E-state index contributed by atoms with van der Waals surface area (Å²) in [7, 11) is 0. The predicted molar refractivity (Wildman–Crippen MR) is 167 cm³/mol. The van der Waals surface area contributed by atoms with Crippen LogP contribution in [-0.4, -0.2) is 0 Å². The fourth-order valence-corrected chi connectivity index (χ4v) is 5.71. The lowest BCUT2D eigenvalue weighted by molar-refractivity contribution is 0.115. The molecule has 0 amide bonds. The van der Waals surface area contributed by atoms with E-state index in [9.17, 15) is 0 Å². The van der Waals surface area contributed by atoms with Crippen LogP contribution in [0, 0.1) is 24.1 Å². The molecule has 1 aliphatic carbocycles. The first-order valence-corrected chi connectivity index (χ1v) is 14.1. The number of unbranched alkanes of at least 4 members (excludes halogenated alkanes) is 1. The Morgan fingerprint density at radius 1 is 1.13 bits per heavy atom. The maximum absolute atomic E-state index is 15.8. The average Bonchev–Trinajstić information content (AvgIpc) is 2.84. The molecule has 0 saturated heterocycles. The molecular weight excluding hydrogens is 465 g/mol. The summed E-state index contributed by atoms with van der Waals surface area (Å²) in [6.45, 7) is 33.5. The second kappa shape index (κ2) is 13.3. The first-order chi connectivity index (χ1) is 17.8. The van der Waals surface area contributed by atoms with Gasteiger partial charge in [-0.15, -0.1) is 0 Å². The van der Waals surface area contributed by atoms with E-state index in [2.05, 4.69) is 73.2 Å². The molecular formula is C36H50FN. The third kappa shape index (κ3) is 7.16. The molecule has 0 heterocycles. The highest BCUT2D eigenvalue weighted by Crippen LogP contribution is 2.51. The summed E-state index contributed by atoms with van der Waals surface area (Å²) >= 11 is 0. The van der Waals surface area contributed by atoms with Crippen LogP contribution in [0.15, 0.2) is 72.1 Å². The quantitative estimate of drug-likeness (QED) is 0.216. The van der Waals surface area contributed by atoms with E-state index >= 15 is 4.39 Å². The van der Waals surface area contributed by atoms with Crippen molar-refractivity contribution in [2.75, 3.05) is 0 Å². The molecule has 206 valence electrons. The normalized spacial score (nSPS) is 21.3. The molecule has 2 heteroatoms. The molecule has 0 aliphatic heterocycles. The molecule has 38 heavy (non-hydrogen) atoms. The summed E-state index contributed by atoms with van der Waals surface area (Å²) < 4.78 is 15.8. The van der Waals surface area contributed by atoms with E-state index < -0.39 is 0 Å². The third-order valence-electron chi connectivity index (χ3n) is 8.59. The van der Waals surface area contributed by atoms with E-state index in [1.54, 1.807) is 6.08 Å². The van der Waals surface area contributed by atoms with Crippen LogP contribution in [0.2, 0.25) is 0 Å². The monoisotopic (exact) mass is 515 g/mol. The first-order valence-electron chi connectivity index (χ1n) is 14.1. The fourth-order valence-electron chi connectivity index (χ4n) is 5.71. The SMILES string of the molecule is C=C/C(=C(C)\C(C)=C(/C)CCCC)c1cc(=C/C(=C)NC(=C)CC2CC(C)(C(=C)C)C2)/c(=C\C)c(C)c1F. The highest BCUT2D eigenvalue weighted by molar-refractivity contribution is 5.80. The van der Waals surface area contributed by atoms with E-state index in [0.29, 0.717) is 17.0 Å². The van der Waals surface area contributed by atoms with Gasteiger partial charge in [0.05, 0.1) is 0 Å². The maximum atomic E-state index is 15.8. The summed E-state index contributed by atoms with van der Waals surface area (Å²) in [4.78, 5) is 0. The van der Waals surface area contributed by atoms with Gasteiger partial charge in [0, 0.05) is 17.0 Å². The second-order valence-electron chi connectivity index (χ2n) is 11.6.